The lowest BCUT2D eigenvalue weighted by atomic mass is 9.95. The molecule has 262 valence electrons. The molecule has 0 unspecified atom stereocenters. The minimum Gasteiger partial charge on any atom is -0.496 e. The predicted molar refractivity (Wildman–Crippen MR) is 183 cm³/mol. The van der Waals surface area contributed by atoms with E-state index in [4.69, 9.17) is 33.2 Å². The highest BCUT2D eigenvalue weighted by atomic mass is 16.6. The Morgan fingerprint density at radius 3 is 1.86 bits per heavy atom. The van der Waals surface area contributed by atoms with E-state index in [2.05, 4.69) is 0 Å². The second-order valence-corrected chi connectivity index (χ2v) is 11.6. The van der Waals surface area contributed by atoms with E-state index in [1.54, 1.807) is 39.8 Å². The van der Waals surface area contributed by atoms with Crippen LogP contribution in [0, 0.1) is 13.8 Å². The Morgan fingerprint density at radius 2 is 1.33 bits per heavy atom. The SMILES string of the molecule is COc1cc(/C=C2/C(=O)N(C(=O)OC(C)C)[C@@H](Cc3cc(OC)c(OC)c(C)c3OC)C(=O)N2Cc2ccccc2)c(OC)c(C)c1OC. The summed E-state index contributed by atoms with van der Waals surface area (Å²) < 4.78 is 39.3. The first-order valence-electron chi connectivity index (χ1n) is 15.6. The Hall–Kier alpha value is -5.39. The number of benzene rings is 3. The molecule has 49 heavy (non-hydrogen) atoms. The van der Waals surface area contributed by atoms with Crippen LogP contribution in [0.5, 0.6) is 34.5 Å². The van der Waals surface area contributed by atoms with Crippen LogP contribution < -0.4 is 28.4 Å². The summed E-state index contributed by atoms with van der Waals surface area (Å²) in [5, 5.41) is 0. The minimum absolute atomic E-state index is 0.0392. The van der Waals surface area contributed by atoms with Crippen LogP contribution in [0.25, 0.3) is 6.08 Å². The van der Waals surface area contributed by atoms with E-state index in [0.29, 0.717) is 56.8 Å². The number of nitrogens with zero attached hydrogens (tertiary/aromatic N) is 2. The van der Waals surface area contributed by atoms with Crippen LogP contribution in [0.2, 0.25) is 0 Å². The third kappa shape index (κ3) is 7.23. The molecule has 0 spiro atoms. The zero-order chi connectivity index (χ0) is 36.0. The molecule has 12 heteroatoms. The maximum Gasteiger partial charge on any atom is 0.417 e. The van der Waals surface area contributed by atoms with Gasteiger partial charge in [-0.05, 0) is 51.5 Å². The van der Waals surface area contributed by atoms with Crippen molar-refractivity contribution in [2.45, 2.75) is 52.8 Å². The summed E-state index contributed by atoms with van der Waals surface area (Å²) in [4.78, 5) is 45.5. The Balaban J connectivity index is 1.98. The van der Waals surface area contributed by atoms with Crippen LogP contribution in [0.3, 0.4) is 0 Å². The fraction of sp³-hybridized carbons (Fsp3) is 0.378. The van der Waals surface area contributed by atoms with Crippen LogP contribution >= 0.6 is 0 Å². The van der Waals surface area contributed by atoms with Gasteiger partial charge in [-0.15, -0.1) is 0 Å². The van der Waals surface area contributed by atoms with Crippen LogP contribution in [0.4, 0.5) is 4.79 Å². The van der Waals surface area contributed by atoms with E-state index in [1.165, 1.54) is 53.6 Å². The van der Waals surface area contributed by atoms with Crippen LogP contribution in [-0.2, 0) is 27.3 Å². The average molecular weight is 677 g/mol. The molecule has 0 aromatic heterocycles. The molecule has 0 N–H and O–H groups in total. The third-order valence-electron chi connectivity index (χ3n) is 8.23. The van der Waals surface area contributed by atoms with Gasteiger partial charge in [-0.1, -0.05) is 30.3 Å². The predicted octanol–water partition coefficient (Wildman–Crippen LogP) is 5.72. The van der Waals surface area contributed by atoms with Crippen molar-refractivity contribution in [1.82, 2.24) is 9.80 Å². The fourth-order valence-electron chi connectivity index (χ4n) is 6.08. The monoisotopic (exact) mass is 676 g/mol. The summed E-state index contributed by atoms with van der Waals surface area (Å²) in [5.74, 6) is 1.28. The number of hydrogen-bond acceptors (Lipinski definition) is 10. The van der Waals surface area contributed by atoms with Crippen LogP contribution in [0.15, 0.2) is 48.2 Å². The minimum atomic E-state index is -1.31. The molecule has 3 amide bonds. The van der Waals surface area contributed by atoms with Gasteiger partial charge >= 0.3 is 6.09 Å². The number of hydrogen-bond donors (Lipinski definition) is 0. The highest BCUT2D eigenvalue weighted by Gasteiger charge is 2.47. The number of piperazine rings is 1. The first kappa shape index (κ1) is 36.4. The normalized spacial score (nSPS) is 15.4. The summed E-state index contributed by atoms with van der Waals surface area (Å²) in [5.41, 5.74) is 2.90. The first-order chi connectivity index (χ1) is 23.4. The molecule has 1 aliphatic heterocycles. The lowest BCUT2D eigenvalue weighted by Crippen LogP contribution is -2.61. The quantitative estimate of drug-likeness (QED) is 0.220. The molecule has 0 bridgehead atoms. The Bertz CT molecular complexity index is 1740. The number of carbonyl (C=O) groups excluding carboxylic acids is 3. The molecule has 12 nitrogen and oxygen atoms in total. The zero-order valence-electron chi connectivity index (χ0n) is 29.7. The third-order valence-corrected chi connectivity index (χ3v) is 8.23. The van der Waals surface area contributed by atoms with Crippen LogP contribution in [-0.4, -0.2) is 82.5 Å². The molecule has 1 fully saturated rings. The Morgan fingerprint density at radius 1 is 0.776 bits per heavy atom. The maximum atomic E-state index is 14.8. The number of methoxy groups -OCH3 is 6. The standard InChI is InChI=1S/C37H44N2O10/c1-21(2)49-37(42)39-28(17-26-19-30(44-6)34(48-10)23(4)32(26)46-8)35(40)38(20-24-14-12-11-13-15-24)27(36(39)41)16-25-18-29(43-5)33(47-9)22(3)31(25)45-7/h11-16,18-19,21,28H,17,20H2,1-10H3/b27-16-/t28-/m0/s1. The van der Waals surface area contributed by atoms with Gasteiger partial charge in [-0.3, -0.25) is 9.59 Å². The molecule has 0 radical (unpaired) electrons. The fourth-order valence-corrected chi connectivity index (χ4v) is 6.08. The van der Waals surface area contributed by atoms with Gasteiger partial charge in [0.25, 0.3) is 11.8 Å². The summed E-state index contributed by atoms with van der Waals surface area (Å²) in [6, 6.07) is 11.3. The molecule has 1 heterocycles. The lowest BCUT2D eigenvalue weighted by Gasteiger charge is -2.40. The van der Waals surface area contributed by atoms with E-state index < -0.39 is 30.1 Å². The van der Waals surface area contributed by atoms with Crippen LogP contribution in [0.1, 0.15) is 41.7 Å². The summed E-state index contributed by atoms with van der Waals surface area (Å²) in [6.45, 7) is 6.96. The number of rotatable bonds is 12. The first-order valence-corrected chi connectivity index (χ1v) is 15.6. The molecular formula is C37H44N2O10. The van der Waals surface area contributed by atoms with Gasteiger partial charge in [0.2, 0.25) is 0 Å². The average Bonchev–Trinajstić information content (AvgIpc) is 3.08. The highest BCUT2D eigenvalue weighted by Crippen LogP contribution is 2.43. The van der Waals surface area contributed by atoms with Crippen molar-refractivity contribution < 1.29 is 47.5 Å². The molecule has 0 saturated carbocycles. The van der Waals surface area contributed by atoms with E-state index in [0.717, 1.165) is 10.5 Å². The highest BCUT2D eigenvalue weighted by molar-refractivity contribution is 6.13. The van der Waals surface area contributed by atoms with Gasteiger partial charge in [-0.25, -0.2) is 9.69 Å². The van der Waals surface area contributed by atoms with Crippen molar-refractivity contribution in [2.24, 2.45) is 0 Å². The van der Waals surface area contributed by atoms with Crippen molar-refractivity contribution >= 4 is 24.0 Å². The van der Waals surface area contributed by atoms with Gasteiger partial charge in [0.1, 0.15) is 23.2 Å². The van der Waals surface area contributed by atoms with Crippen molar-refractivity contribution in [2.75, 3.05) is 42.7 Å². The number of ether oxygens (including phenoxy) is 7. The molecule has 1 saturated heterocycles. The van der Waals surface area contributed by atoms with E-state index >= 15 is 0 Å². The van der Waals surface area contributed by atoms with Crippen molar-refractivity contribution in [3.63, 3.8) is 0 Å². The maximum absolute atomic E-state index is 14.8. The number of imide groups is 1. The number of carbonyl (C=O) groups is 3. The van der Waals surface area contributed by atoms with E-state index in [9.17, 15) is 14.4 Å². The summed E-state index contributed by atoms with van der Waals surface area (Å²) in [7, 11) is 9.01. The molecule has 4 rings (SSSR count). The van der Waals surface area contributed by atoms with Gasteiger partial charge in [0.15, 0.2) is 23.0 Å². The smallest absolute Gasteiger partial charge is 0.417 e. The van der Waals surface area contributed by atoms with Crippen molar-refractivity contribution in [1.29, 1.82) is 0 Å². The molecule has 1 aliphatic rings. The molecule has 3 aromatic rings. The van der Waals surface area contributed by atoms with E-state index in [-0.39, 0.29) is 18.7 Å². The Kier molecular flexibility index (Phi) is 11.7. The lowest BCUT2D eigenvalue weighted by molar-refractivity contribution is -0.149. The largest absolute Gasteiger partial charge is 0.496 e. The molecule has 0 aliphatic carbocycles. The Labute approximate surface area is 287 Å². The zero-order valence-corrected chi connectivity index (χ0v) is 29.7. The van der Waals surface area contributed by atoms with Gasteiger partial charge < -0.3 is 38.1 Å². The van der Waals surface area contributed by atoms with Gasteiger partial charge in [0, 0.05) is 28.7 Å². The number of amides is 3. The molecule has 3 aromatic carbocycles. The summed E-state index contributed by atoms with van der Waals surface area (Å²) in [6.07, 6.45) is -0.115. The second kappa shape index (κ2) is 15.7. The van der Waals surface area contributed by atoms with E-state index in [1.807, 2.05) is 30.3 Å². The molecule has 1 atom stereocenters. The van der Waals surface area contributed by atoms with Gasteiger partial charge in [-0.2, -0.15) is 0 Å². The van der Waals surface area contributed by atoms with Crippen molar-refractivity contribution in [3.8, 4) is 34.5 Å². The van der Waals surface area contributed by atoms with Crippen molar-refractivity contribution in [3.05, 3.63) is 76.0 Å². The topological polar surface area (TPSA) is 122 Å². The second-order valence-electron chi connectivity index (χ2n) is 11.6. The van der Waals surface area contributed by atoms with Gasteiger partial charge in [0.05, 0.1) is 55.3 Å². The summed E-state index contributed by atoms with van der Waals surface area (Å²) >= 11 is 0. The molecular weight excluding hydrogens is 632 g/mol.